The first-order valence-electron chi connectivity index (χ1n) is 8.79. The second kappa shape index (κ2) is 7.30. The Labute approximate surface area is 137 Å². The molecule has 1 saturated carbocycles. The molecule has 1 saturated heterocycles. The summed E-state index contributed by atoms with van der Waals surface area (Å²) in [6.07, 6.45) is 9.38. The van der Waals surface area contributed by atoms with Gasteiger partial charge in [-0.05, 0) is 44.7 Å². The van der Waals surface area contributed by atoms with Gasteiger partial charge in [0, 0.05) is 30.4 Å². The van der Waals surface area contributed by atoms with Crippen molar-refractivity contribution in [1.82, 2.24) is 0 Å². The van der Waals surface area contributed by atoms with Crippen LogP contribution in [0.25, 0.3) is 0 Å². The highest BCUT2D eigenvalue weighted by atomic mass is 16.6. The Morgan fingerprint density at radius 2 is 1.74 bits per heavy atom. The van der Waals surface area contributed by atoms with Crippen molar-refractivity contribution < 1.29 is 9.66 Å². The summed E-state index contributed by atoms with van der Waals surface area (Å²) in [5.74, 6) is 0. The summed E-state index contributed by atoms with van der Waals surface area (Å²) in [7, 11) is 0. The standard InChI is InChI=1S/C18H26N2O3/c1-14-13-15(7-8-18(14)20(21)22)19-11-9-17(10-12-19)23-16-5-3-2-4-6-16/h7-8,13,16-17H,2-6,9-12H2,1H3. The van der Waals surface area contributed by atoms with Crippen molar-refractivity contribution in [1.29, 1.82) is 0 Å². The number of benzene rings is 1. The van der Waals surface area contributed by atoms with Crippen LogP contribution in [0.15, 0.2) is 18.2 Å². The zero-order valence-electron chi connectivity index (χ0n) is 13.9. The monoisotopic (exact) mass is 318 g/mol. The number of ether oxygens (including phenoxy) is 1. The maximum Gasteiger partial charge on any atom is 0.272 e. The Balaban J connectivity index is 1.54. The van der Waals surface area contributed by atoms with E-state index in [2.05, 4.69) is 4.90 Å². The molecule has 0 aromatic heterocycles. The van der Waals surface area contributed by atoms with E-state index in [1.54, 1.807) is 13.0 Å². The van der Waals surface area contributed by atoms with Gasteiger partial charge in [-0.25, -0.2) is 0 Å². The smallest absolute Gasteiger partial charge is 0.272 e. The van der Waals surface area contributed by atoms with Gasteiger partial charge < -0.3 is 9.64 Å². The van der Waals surface area contributed by atoms with Crippen LogP contribution in [-0.4, -0.2) is 30.2 Å². The SMILES string of the molecule is Cc1cc(N2CCC(OC3CCCCC3)CC2)ccc1[N+](=O)[O-]. The molecule has 0 N–H and O–H groups in total. The van der Waals surface area contributed by atoms with Crippen LogP contribution in [0.4, 0.5) is 11.4 Å². The molecule has 5 nitrogen and oxygen atoms in total. The topological polar surface area (TPSA) is 55.6 Å². The first-order valence-corrected chi connectivity index (χ1v) is 8.79. The normalized spacial score (nSPS) is 20.7. The molecule has 0 bridgehead atoms. The molecule has 1 heterocycles. The number of hydrogen-bond acceptors (Lipinski definition) is 4. The molecule has 5 heteroatoms. The van der Waals surface area contributed by atoms with E-state index in [-0.39, 0.29) is 10.6 Å². The number of hydrogen-bond donors (Lipinski definition) is 0. The number of nitrogens with zero attached hydrogens (tertiary/aromatic N) is 2. The fourth-order valence-corrected chi connectivity index (χ4v) is 3.76. The van der Waals surface area contributed by atoms with Crippen LogP contribution >= 0.6 is 0 Å². The number of nitro groups is 1. The molecule has 0 spiro atoms. The Hall–Kier alpha value is -1.62. The van der Waals surface area contributed by atoms with E-state index in [0.29, 0.717) is 12.2 Å². The van der Waals surface area contributed by atoms with Crippen molar-refractivity contribution >= 4 is 11.4 Å². The lowest BCUT2D eigenvalue weighted by Gasteiger charge is -2.36. The van der Waals surface area contributed by atoms with Crippen molar-refractivity contribution in [2.75, 3.05) is 18.0 Å². The van der Waals surface area contributed by atoms with Crippen molar-refractivity contribution in [2.45, 2.75) is 64.1 Å². The lowest BCUT2D eigenvalue weighted by molar-refractivity contribution is -0.385. The molecule has 1 aromatic rings. The van der Waals surface area contributed by atoms with E-state index in [0.717, 1.165) is 37.2 Å². The van der Waals surface area contributed by atoms with E-state index >= 15 is 0 Å². The first kappa shape index (κ1) is 16.2. The van der Waals surface area contributed by atoms with Crippen LogP contribution in [0.3, 0.4) is 0 Å². The van der Waals surface area contributed by atoms with Crippen LogP contribution in [-0.2, 0) is 4.74 Å². The first-order chi connectivity index (χ1) is 11.1. The van der Waals surface area contributed by atoms with E-state index in [1.807, 2.05) is 12.1 Å². The minimum Gasteiger partial charge on any atom is -0.375 e. The summed E-state index contributed by atoms with van der Waals surface area (Å²) in [6, 6.07) is 5.42. The maximum absolute atomic E-state index is 10.9. The van der Waals surface area contributed by atoms with Gasteiger partial charge in [-0.3, -0.25) is 10.1 Å². The molecular formula is C18H26N2O3. The summed E-state index contributed by atoms with van der Waals surface area (Å²) >= 11 is 0. The van der Waals surface area contributed by atoms with E-state index < -0.39 is 0 Å². The second-order valence-electron chi connectivity index (χ2n) is 6.81. The van der Waals surface area contributed by atoms with Gasteiger partial charge in [0.1, 0.15) is 0 Å². The van der Waals surface area contributed by atoms with Gasteiger partial charge in [0.25, 0.3) is 5.69 Å². The van der Waals surface area contributed by atoms with E-state index in [9.17, 15) is 10.1 Å². The number of nitro benzene ring substituents is 1. The van der Waals surface area contributed by atoms with Gasteiger partial charge in [-0.15, -0.1) is 0 Å². The average molecular weight is 318 g/mol. The van der Waals surface area contributed by atoms with Crippen molar-refractivity contribution in [3.8, 4) is 0 Å². The van der Waals surface area contributed by atoms with Gasteiger partial charge in [0.2, 0.25) is 0 Å². The molecule has 3 rings (SSSR count). The highest BCUT2D eigenvalue weighted by Gasteiger charge is 2.24. The van der Waals surface area contributed by atoms with E-state index in [4.69, 9.17) is 4.74 Å². The Morgan fingerprint density at radius 3 is 2.35 bits per heavy atom. The molecule has 1 aliphatic carbocycles. The Morgan fingerprint density at radius 1 is 1.09 bits per heavy atom. The second-order valence-corrected chi connectivity index (χ2v) is 6.81. The van der Waals surface area contributed by atoms with E-state index in [1.165, 1.54) is 32.1 Å². The molecule has 0 atom stereocenters. The number of anilines is 1. The largest absolute Gasteiger partial charge is 0.375 e. The Bertz CT molecular complexity index is 547. The van der Waals surface area contributed by atoms with Crippen LogP contribution in [0.2, 0.25) is 0 Å². The molecule has 1 aromatic carbocycles. The summed E-state index contributed by atoms with van der Waals surface area (Å²) in [5, 5.41) is 10.9. The fourth-order valence-electron chi connectivity index (χ4n) is 3.76. The third kappa shape index (κ3) is 4.02. The van der Waals surface area contributed by atoms with Gasteiger partial charge in [0.05, 0.1) is 17.1 Å². The van der Waals surface area contributed by atoms with Gasteiger partial charge in [-0.2, -0.15) is 0 Å². The molecule has 0 amide bonds. The van der Waals surface area contributed by atoms with Gasteiger partial charge in [0.15, 0.2) is 0 Å². The zero-order chi connectivity index (χ0) is 16.2. The summed E-state index contributed by atoms with van der Waals surface area (Å²) in [6.45, 7) is 3.74. The predicted octanol–water partition coefficient (Wildman–Crippen LogP) is 4.22. The highest BCUT2D eigenvalue weighted by Crippen LogP contribution is 2.29. The summed E-state index contributed by atoms with van der Waals surface area (Å²) in [5.41, 5.74) is 2.02. The number of aryl methyl sites for hydroxylation is 1. The molecule has 126 valence electrons. The molecule has 0 unspecified atom stereocenters. The van der Waals surface area contributed by atoms with Crippen molar-refractivity contribution in [3.05, 3.63) is 33.9 Å². The van der Waals surface area contributed by atoms with Crippen LogP contribution in [0.5, 0.6) is 0 Å². The molecule has 23 heavy (non-hydrogen) atoms. The minimum absolute atomic E-state index is 0.198. The maximum atomic E-state index is 10.9. The predicted molar refractivity (Wildman–Crippen MR) is 91.0 cm³/mol. The van der Waals surface area contributed by atoms with Gasteiger partial charge >= 0.3 is 0 Å². The number of piperidine rings is 1. The van der Waals surface area contributed by atoms with Gasteiger partial charge in [-0.1, -0.05) is 19.3 Å². The van der Waals surface area contributed by atoms with Crippen LogP contribution in [0, 0.1) is 17.0 Å². The van der Waals surface area contributed by atoms with Crippen molar-refractivity contribution in [3.63, 3.8) is 0 Å². The fraction of sp³-hybridized carbons (Fsp3) is 0.667. The molecule has 2 aliphatic rings. The average Bonchev–Trinajstić information content (AvgIpc) is 2.56. The third-order valence-corrected chi connectivity index (χ3v) is 5.12. The number of rotatable bonds is 4. The zero-order valence-corrected chi connectivity index (χ0v) is 13.9. The lowest BCUT2D eigenvalue weighted by Crippen LogP contribution is -2.38. The molecular weight excluding hydrogens is 292 g/mol. The molecule has 1 aliphatic heterocycles. The van der Waals surface area contributed by atoms with Crippen LogP contribution in [0.1, 0.15) is 50.5 Å². The molecule has 0 radical (unpaired) electrons. The molecule has 2 fully saturated rings. The lowest BCUT2D eigenvalue weighted by atomic mass is 9.97. The summed E-state index contributed by atoms with van der Waals surface area (Å²) < 4.78 is 6.27. The Kier molecular flexibility index (Phi) is 5.16. The summed E-state index contributed by atoms with van der Waals surface area (Å²) in [4.78, 5) is 12.9. The van der Waals surface area contributed by atoms with Crippen molar-refractivity contribution in [2.24, 2.45) is 0 Å². The van der Waals surface area contributed by atoms with Crippen LogP contribution < -0.4 is 4.90 Å². The minimum atomic E-state index is -0.316. The third-order valence-electron chi connectivity index (χ3n) is 5.12. The highest BCUT2D eigenvalue weighted by molar-refractivity contribution is 5.55. The quantitative estimate of drug-likeness (QED) is 0.616.